The molecule has 4 atom stereocenters. The predicted octanol–water partition coefficient (Wildman–Crippen LogP) is 2.92. The maximum Gasteiger partial charge on any atom is 0.188 e. The third-order valence-electron chi connectivity index (χ3n) is 7.42. The van der Waals surface area contributed by atoms with Crippen molar-refractivity contribution in [2.24, 2.45) is 11.3 Å². The quantitative estimate of drug-likeness (QED) is 0.784. The van der Waals surface area contributed by atoms with E-state index in [-0.39, 0.29) is 17.3 Å². The SMILES string of the molecule is COC1=CC=C2C3CCC4=C5C(OC1C25CCN3CC1CC1)C(=O)C=C4. The van der Waals surface area contributed by atoms with Crippen molar-refractivity contribution in [3.8, 4) is 0 Å². The summed E-state index contributed by atoms with van der Waals surface area (Å²) in [5, 5.41) is 0. The van der Waals surface area contributed by atoms with Gasteiger partial charge in [0.1, 0.15) is 18.0 Å². The highest BCUT2D eigenvalue weighted by Gasteiger charge is 2.63. The fourth-order valence-corrected chi connectivity index (χ4v) is 6.11. The zero-order chi connectivity index (χ0) is 17.5. The molecule has 1 spiro atoms. The van der Waals surface area contributed by atoms with Crippen LogP contribution in [0, 0.1) is 11.3 Å². The van der Waals surface area contributed by atoms with E-state index in [1.54, 1.807) is 13.2 Å². The standard InChI is InChI=1S/C22H25NO3/c1-25-18-9-6-15-16-7-4-14-5-8-17(24)20-19(14)22(15,21(18)26-20)10-11-23(16)12-13-2-3-13/h5-6,8-9,13,16,20-21H,2-4,7,10-12H2,1H3. The number of piperidine rings is 1. The molecule has 0 radical (unpaired) electrons. The van der Waals surface area contributed by atoms with Crippen LogP contribution in [0.5, 0.6) is 0 Å². The summed E-state index contributed by atoms with van der Waals surface area (Å²) in [6.45, 7) is 2.32. The smallest absolute Gasteiger partial charge is 0.188 e. The first-order valence-corrected chi connectivity index (χ1v) is 10.0. The van der Waals surface area contributed by atoms with Gasteiger partial charge >= 0.3 is 0 Å². The van der Waals surface area contributed by atoms with Crippen molar-refractivity contribution in [2.45, 2.75) is 50.4 Å². The average Bonchev–Trinajstić information content (AvgIpc) is 3.40. The van der Waals surface area contributed by atoms with Gasteiger partial charge in [-0.3, -0.25) is 9.69 Å². The van der Waals surface area contributed by atoms with Gasteiger partial charge in [-0.2, -0.15) is 0 Å². The van der Waals surface area contributed by atoms with Crippen LogP contribution in [0.1, 0.15) is 32.1 Å². The first-order valence-electron chi connectivity index (χ1n) is 10.0. The molecule has 0 N–H and O–H groups in total. The molecule has 1 saturated carbocycles. The Labute approximate surface area is 154 Å². The van der Waals surface area contributed by atoms with Gasteiger partial charge in [0.05, 0.1) is 12.5 Å². The van der Waals surface area contributed by atoms with E-state index in [0.717, 1.165) is 37.5 Å². The summed E-state index contributed by atoms with van der Waals surface area (Å²) in [5.41, 5.74) is 3.92. The number of ketones is 1. The first kappa shape index (κ1) is 15.4. The van der Waals surface area contributed by atoms with E-state index in [4.69, 9.17) is 9.47 Å². The van der Waals surface area contributed by atoms with Crippen molar-refractivity contribution in [2.75, 3.05) is 20.2 Å². The van der Waals surface area contributed by atoms with E-state index in [1.165, 1.54) is 36.1 Å². The summed E-state index contributed by atoms with van der Waals surface area (Å²) in [6.07, 6.45) is 13.6. The van der Waals surface area contributed by atoms with Crippen molar-refractivity contribution in [3.63, 3.8) is 0 Å². The van der Waals surface area contributed by atoms with Crippen LogP contribution < -0.4 is 0 Å². The van der Waals surface area contributed by atoms with Gasteiger partial charge in [-0.05, 0) is 66.9 Å². The molecule has 4 unspecified atom stereocenters. The first-order chi connectivity index (χ1) is 12.7. The molecule has 2 aliphatic heterocycles. The summed E-state index contributed by atoms with van der Waals surface area (Å²) < 4.78 is 12.1. The van der Waals surface area contributed by atoms with Crippen molar-refractivity contribution < 1.29 is 14.3 Å². The third kappa shape index (κ3) is 1.84. The molecule has 6 aliphatic rings. The molecule has 4 aliphatic carbocycles. The van der Waals surface area contributed by atoms with E-state index in [1.807, 2.05) is 0 Å². The van der Waals surface area contributed by atoms with Gasteiger partial charge < -0.3 is 9.47 Å². The lowest BCUT2D eigenvalue weighted by Crippen LogP contribution is -2.53. The monoisotopic (exact) mass is 351 g/mol. The van der Waals surface area contributed by atoms with Crippen molar-refractivity contribution in [1.29, 1.82) is 0 Å². The fourth-order valence-electron chi connectivity index (χ4n) is 6.11. The van der Waals surface area contributed by atoms with Crippen LogP contribution in [-0.4, -0.2) is 49.1 Å². The lowest BCUT2D eigenvalue weighted by molar-refractivity contribution is -0.124. The van der Waals surface area contributed by atoms with Gasteiger partial charge in [0.2, 0.25) is 0 Å². The number of rotatable bonds is 3. The Morgan fingerprint density at radius 1 is 1.27 bits per heavy atom. The number of methoxy groups -OCH3 is 1. The Hall–Kier alpha value is -1.65. The Morgan fingerprint density at radius 2 is 2.15 bits per heavy atom. The highest BCUT2D eigenvalue weighted by atomic mass is 16.5. The maximum absolute atomic E-state index is 12.6. The van der Waals surface area contributed by atoms with Crippen LogP contribution in [0.25, 0.3) is 0 Å². The van der Waals surface area contributed by atoms with Crippen LogP contribution in [0.3, 0.4) is 0 Å². The van der Waals surface area contributed by atoms with Crippen molar-refractivity contribution in [3.05, 3.63) is 46.8 Å². The van der Waals surface area contributed by atoms with Gasteiger partial charge in [-0.1, -0.05) is 12.2 Å². The molecule has 4 nitrogen and oxygen atoms in total. The van der Waals surface area contributed by atoms with E-state index >= 15 is 0 Å². The molecule has 6 rings (SSSR count). The highest BCUT2D eigenvalue weighted by Crippen LogP contribution is 2.62. The zero-order valence-electron chi connectivity index (χ0n) is 15.2. The Balaban J connectivity index is 1.53. The van der Waals surface area contributed by atoms with Gasteiger partial charge in [-0.25, -0.2) is 0 Å². The number of allylic oxidation sites excluding steroid dienone is 4. The molecule has 2 saturated heterocycles. The molecule has 2 heterocycles. The predicted molar refractivity (Wildman–Crippen MR) is 97.4 cm³/mol. The summed E-state index contributed by atoms with van der Waals surface area (Å²) in [7, 11) is 1.72. The second kappa shape index (κ2) is 5.20. The number of ether oxygens (including phenoxy) is 2. The number of nitrogens with zero attached hydrogens (tertiary/aromatic N) is 1. The number of hydrogen-bond acceptors (Lipinski definition) is 4. The largest absolute Gasteiger partial charge is 0.498 e. The molecular formula is C22H25NO3. The molecule has 0 aromatic heterocycles. The number of carbonyl (C=O) groups excluding carboxylic acids is 1. The van der Waals surface area contributed by atoms with Crippen LogP contribution in [0.4, 0.5) is 0 Å². The van der Waals surface area contributed by atoms with Gasteiger partial charge in [0.25, 0.3) is 0 Å². The number of carbonyl (C=O) groups is 1. The minimum atomic E-state index is -0.409. The normalized spacial score (nSPS) is 40.8. The minimum absolute atomic E-state index is 0.0983. The fraction of sp³-hybridized carbons (Fsp3) is 0.591. The molecule has 4 heteroatoms. The van der Waals surface area contributed by atoms with E-state index in [9.17, 15) is 4.79 Å². The minimum Gasteiger partial charge on any atom is -0.498 e. The summed E-state index contributed by atoms with van der Waals surface area (Å²) in [6, 6.07) is 0.470. The van der Waals surface area contributed by atoms with Crippen LogP contribution >= 0.6 is 0 Å². The molecule has 136 valence electrons. The second-order valence-corrected chi connectivity index (χ2v) is 8.68. The summed E-state index contributed by atoms with van der Waals surface area (Å²) in [4.78, 5) is 15.4. The second-order valence-electron chi connectivity index (χ2n) is 8.68. The molecular weight excluding hydrogens is 326 g/mol. The van der Waals surface area contributed by atoms with Gasteiger partial charge in [0, 0.05) is 19.1 Å². The summed E-state index contributed by atoms with van der Waals surface area (Å²) >= 11 is 0. The van der Waals surface area contributed by atoms with Crippen molar-refractivity contribution in [1.82, 2.24) is 4.90 Å². The van der Waals surface area contributed by atoms with E-state index in [0.29, 0.717) is 6.04 Å². The highest BCUT2D eigenvalue weighted by molar-refractivity contribution is 5.99. The Bertz CT molecular complexity index is 815. The molecule has 0 amide bonds. The maximum atomic E-state index is 12.6. The molecule has 26 heavy (non-hydrogen) atoms. The average molecular weight is 351 g/mol. The van der Waals surface area contributed by atoms with Crippen molar-refractivity contribution >= 4 is 5.78 Å². The lowest BCUT2D eigenvalue weighted by Gasteiger charge is -2.50. The van der Waals surface area contributed by atoms with Gasteiger partial charge in [-0.15, -0.1) is 0 Å². The van der Waals surface area contributed by atoms with Crippen LogP contribution in [-0.2, 0) is 14.3 Å². The van der Waals surface area contributed by atoms with E-state index in [2.05, 4.69) is 23.1 Å². The van der Waals surface area contributed by atoms with Gasteiger partial charge in [0.15, 0.2) is 5.78 Å². The number of hydrogen-bond donors (Lipinski definition) is 0. The molecule has 0 aromatic carbocycles. The zero-order valence-corrected chi connectivity index (χ0v) is 15.2. The Kier molecular flexibility index (Phi) is 3.08. The Morgan fingerprint density at radius 3 is 2.96 bits per heavy atom. The molecule has 2 bridgehead atoms. The lowest BCUT2D eigenvalue weighted by atomic mass is 9.60. The molecule has 3 fully saturated rings. The van der Waals surface area contributed by atoms with Crippen LogP contribution in [0.15, 0.2) is 46.8 Å². The third-order valence-corrected chi connectivity index (χ3v) is 7.42. The summed E-state index contributed by atoms with van der Waals surface area (Å²) in [5.74, 6) is 1.87. The van der Waals surface area contributed by atoms with Crippen LogP contribution in [0.2, 0.25) is 0 Å². The number of likely N-dealkylation sites (tertiary alicyclic amines) is 1. The molecule has 0 aromatic rings. The van der Waals surface area contributed by atoms with E-state index < -0.39 is 6.10 Å². The topological polar surface area (TPSA) is 38.8 Å².